The van der Waals surface area contributed by atoms with Crippen molar-refractivity contribution in [1.29, 1.82) is 0 Å². The molecule has 2 aliphatic rings. The van der Waals surface area contributed by atoms with Gasteiger partial charge in [0.15, 0.2) is 0 Å². The fourth-order valence-corrected chi connectivity index (χ4v) is 6.34. The third-order valence-electron chi connectivity index (χ3n) is 8.58. The molecule has 2 N–H and O–H groups in total. The van der Waals surface area contributed by atoms with Crippen molar-refractivity contribution in [2.75, 3.05) is 18.0 Å². The van der Waals surface area contributed by atoms with Crippen LogP contribution in [0.2, 0.25) is 0 Å². The molecule has 38 heavy (non-hydrogen) atoms. The summed E-state index contributed by atoms with van der Waals surface area (Å²) >= 11 is 0. The molecule has 1 saturated heterocycles. The summed E-state index contributed by atoms with van der Waals surface area (Å²) in [6, 6.07) is 11.2. The van der Waals surface area contributed by atoms with Gasteiger partial charge in [-0.05, 0) is 116 Å². The van der Waals surface area contributed by atoms with Crippen molar-refractivity contribution in [3.8, 4) is 11.1 Å². The van der Waals surface area contributed by atoms with Crippen LogP contribution in [0.25, 0.3) is 16.7 Å². The summed E-state index contributed by atoms with van der Waals surface area (Å²) in [5.74, 6) is 4.09. The lowest BCUT2D eigenvalue weighted by molar-refractivity contribution is 0.494. The summed E-state index contributed by atoms with van der Waals surface area (Å²) in [6.07, 6.45) is 14.8. The third-order valence-corrected chi connectivity index (χ3v) is 8.58. The van der Waals surface area contributed by atoms with Gasteiger partial charge in [0.1, 0.15) is 5.82 Å². The number of nitrogens with two attached hydrogens (primary N) is 1. The van der Waals surface area contributed by atoms with Crippen molar-refractivity contribution in [1.82, 2.24) is 15.0 Å². The van der Waals surface area contributed by atoms with Crippen molar-refractivity contribution in [2.24, 2.45) is 29.4 Å². The van der Waals surface area contributed by atoms with Crippen molar-refractivity contribution in [3.05, 3.63) is 77.6 Å². The zero-order valence-electron chi connectivity index (χ0n) is 23.5. The number of pyridine rings is 3. The van der Waals surface area contributed by atoms with Crippen LogP contribution in [0.1, 0.15) is 69.5 Å². The van der Waals surface area contributed by atoms with E-state index in [0.717, 1.165) is 78.3 Å². The predicted molar refractivity (Wildman–Crippen MR) is 158 cm³/mol. The number of rotatable bonds is 9. The summed E-state index contributed by atoms with van der Waals surface area (Å²) < 4.78 is 0. The first-order valence-corrected chi connectivity index (χ1v) is 14.5. The molecule has 3 aromatic rings. The summed E-state index contributed by atoms with van der Waals surface area (Å²) in [4.78, 5) is 16.8. The quantitative estimate of drug-likeness (QED) is 0.347. The maximum Gasteiger partial charge on any atom is 0.128 e. The molecule has 0 aromatic carbocycles. The number of nitrogens with zero attached hydrogens (tertiary/aromatic N) is 4. The van der Waals surface area contributed by atoms with Gasteiger partial charge in [-0.15, -0.1) is 0 Å². The molecule has 5 heteroatoms. The smallest absolute Gasteiger partial charge is 0.128 e. The highest BCUT2D eigenvalue weighted by atomic mass is 15.2. The van der Waals surface area contributed by atoms with E-state index in [0.29, 0.717) is 5.92 Å². The van der Waals surface area contributed by atoms with Crippen LogP contribution in [0.4, 0.5) is 5.82 Å². The van der Waals surface area contributed by atoms with Crippen molar-refractivity contribution >= 4 is 11.4 Å². The highest BCUT2D eigenvalue weighted by Crippen LogP contribution is 2.44. The molecule has 3 aromatic heterocycles. The molecule has 0 amide bonds. The summed E-state index contributed by atoms with van der Waals surface area (Å²) in [6.45, 7) is 11.0. The van der Waals surface area contributed by atoms with Crippen molar-refractivity contribution < 1.29 is 0 Å². The van der Waals surface area contributed by atoms with Crippen molar-refractivity contribution in [3.63, 3.8) is 0 Å². The lowest BCUT2D eigenvalue weighted by atomic mass is 9.97. The van der Waals surface area contributed by atoms with E-state index < -0.39 is 0 Å². The SMILES string of the molecule is CCc1ccc(CC2CC3CN(c4ccc(-c5cc(CCC(C)C)cnc5C(C)=CN)cn4)CC3C2)cn1. The van der Waals surface area contributed by atoms with Crippen molar-refractivity contribution in [2.45, 2.75) is 66.2 Å². The van der Waals surface area contributed by atoms with Crippen LogP contribution in [0.5, 0.6) is 0 Å². The fraction of sp³-hybridized carbons (Fsp3) is 0.485. The van der Waals surface area contributed by atoms with E-state index in [2.05, 4.69) is 67.2 Å². The first kappa shape index (κ1) is 26.4. The number of hydrogen-bond donors (Lipinski definition) is 1. The highest BCUT2D eigenvalue weighted by molar-refractivity contribution is 5.78. The van der Waals surface area contributed by atoms with Crippen LogP contribution >= 0.6 is 0 Å². The van der Waals surface area contributed by atoms with E-state index in [1.807, 2.05) is 19.3 Å². The Morgan fingerprint density at radius 3 is 2.37 bits per heavy atom. The second-order valence-corrected chi connectivity index (χ2v) is 11.9. The van der Waals surface area contributed by atoms with Gasteiger partial charge in [0.25, 0.3) is 0 Å². The molecule has 1 aliphatic heterocycles. The molecular weight excluding hydrogens is 466 g/mol. The summed E-state index contributed by atoms with van der Waals surface area (Å²) in [5, 5.41) is 0. The topological polar surface area (TPSA) is 67.9 Å². The minimum atomic E-state index is 0.671. The van der Waals surface area contributed by atoms with Gasteiger partial charge < -0.3 is 10.6 Å². The molecule has 5 nitrogen and oxygen atoms in total. The van der Waals surface area contributed by atoms with Gasteiger partial charge in [0.2, 0.25) is 0 Å². The lowest BCUT2D eigenvalue weighted by Crippen LogP contribution is -2.22. The van der Waals surface area contributed by atoms with Crippen LogP contribution < -0.4 is 10.6 Å². The average molecular weight is 510 g/mol. The fourth-order valence-electron chi connectivity index (χ4n) is 6.34. The minimum absolute atomic E-state index is 0.671. The highest BCUT2D eigenvalue weighted by Gasteiger charge is 2.41. The van der Waals surface area contributed by atoms with Crippen LogP contribution in [0.15, 0.2) is 55.1 Å². The average Bonchev–Trinajstić information content (AvgIpc) is 3.51. The van der Waals surface area contributed by atoms with E-state index in [1.54, 1.807) is 6.20 Å². The molecule has 1 aliphatic carbocycles. The van der Waals surface area contributed by atoms with Gasteiger partial charge in [0, 0.05) is 48.5 Å². The molecule has 0 spiro atoms. The zero-order chi connectivity index (χ0) is 26.6. The second kappa shape index (κ2) is 11.7. The first-order chi connectivity index (χ1) is 18.4. The molecule has 1 saturated carbocycles. The van der Waals surface area contributed by atoms with Gasteiger partial charge in [-0.2, -0.15) is 0 Å². The Labute approximate surface area is 228 Å². The van der Waals surface area contributed by atoms with Gasteiger partial charge >= 0.3 is 0 Å². The molecule has 2 unspecified atom stereocenters. The Bertz CT molecular complexity index is 1230. The summed E-state index contributed by atoms with van der Waals surface area (Å²) in [5.41, 5.74) is 13.9. The van der Waals surface area contributed by atoms with Gasteiger partial charge in [-0.3, -0.25) is 9.97 Å². The van der Waals surface area contributed by atoms with Gasteiger partial charge in [-0.1, -0.05) is 26.8 Å². The first-order valence-electron chi connectivity index (χ1n) is 14.5. The maximum atomic E-state index is 5.88. The normalized spacial score (nSPS) is 21.3. The van der Waals surface area contributed by atoms with E-state index >= 15 is 0 Å². The predicted octanol–water partition coefficient (Wildman–Crippen LogP) is 6.71. The molecule has 4 heterocycles. The number of aryl methyl sites for hydroxylation is 2. The Balaban J connectivity index is 1.24. The monoisotopic (exact) mass is 509 g/mol. The third kappa shape index (κ3) is 5.92. The largest absolute Gasteiger partial charge is 0.404 e. The molecule has 5 rings (SSSR count). The standard InChI is InChI=1S/C33H43N5/c1-5-30-10-8-24(17-35-30)12-26-13-28-20-38(21-29(28)14-26)32-11-9-27(19-36-32)31-15-25(7-6-22(2)3)18-37-33(31)23(4)16-34/h8-11,15-19,22,26,28-29H,5-7,12-14,20-21,34H2,1-4H3. The number of aromatic nitrogens is 3. The molecule has 2 atom stereocenters. The van der Waals surface area contributed by atoms with E-state index in [9.17, 15) is 0 Å². The van der Waals surface area contributed by atoms with Gasteiger partial charge in [0.05, 0.1) is 5.69 Å². The van der Waals surface area contributed by atoms with Crippen LogP contribution in [0, 0.1) is 23.7 Å². The number of hydrogen-bond acceptors (Lipinski definition) is 5. The second-order valence-electron chi connectivity index (χ2n) is 11.9. The zero-order valence-corrected chi connectivity index (χ0v) is 23.5. The van der Waals surface area contributed by atoms with Gasteiger partial charge in [-0.25, -0.2) is 4.98 Å². The Morgan fingerprint density at radius 2 is 1.76 bits per heavy atom. The minimum Gasteiger partial charge on any atom is -0.404 e. The Hall–Kier alpha value is -3.21. The van der Waals surface area contributed by atoms with E-state index in [-0.39, 0.29) is 0 Å². The number of allylic oxidation sites excluding steroid dienone is 1. The van der Waals surface area contributed by atoms with E-state index in [4.69, 9.17) is 15.7 Å². The van der Waals surface area contributed by atoms with Crippen LogP contribution in [-0.2, 0) is 19.3 Å². The number of anilines is 1. The Kier molecular flexibility index (Phi) is 8.11. The maximum absolute atomic E-state index is 5.88. The molecular formula is C33H43N5. The summed E-state index contributed by atoms with van der Waals surface area (Å²) in [7, 11) is 0. The van der Waals surface area contributed by atoms with Crippen LogP contribution in [-0.4, -0.2) is 28.0 Å². The lowest BCUT2D eigenvalue weighted by Gasteiger charge is -2.21. The molecule has 0 bridgehead atoms. The number of fused-ring (bicyclic) bond motifs is 1. The molecule has 0 radical (unpaired) electrons. The molecule has 2 fully saturated rings. The Morgan fingerprint density at radius 1 is 1.00 bits per heavy atom. The van der Waals surface area contributed by atoms with E-state index in [1.165, 1.54) is 36.1 Å². The van der Waals surface area contributed by atoms with Crippen LogP contribution in [0.3, 0.4) is 0 Å². The molecule has 200 valence electrons.